The molecule has 65 heavy (non-hydrogen) atoms. The molecular weight excluding hydrogens is 829 g/mol. The molecule has 0 aliphatic carbocycles. The molecule has 0 aliphatic rings. The maximum atomic E-state index is 5.40. The molecule has 0 saturated carbocycles. The van der Waals surface area contributed by atoms with Gasteiger partial charge in [0.25, 0.3) is 0 Å². The van der Waals surface area contributed by atoms with Crippen molar-refractivity contribution in [3.05, 3.63) is 206 Å². The molecule has 4 aromatic heterocycles. The Hall–Kier alpha value is -8.03. The summed E-state index contributed by atoms with van der Waals surface area (Å²) in [5.41, 5.74) is 8.54. The fourth-order valence-corrected chi connectivity index (χ4v) is 12.4. The van der Waals surface area contributed by atoms with Crippen LogP contribution in [-0.2, 0) is 0 Å². The largest absolute Gasteiger partial charge is 0.309 e. The quantitative estimate of drug-likeness (QED) is 0.173. The molecule has 302 valence electrons. The zero-order valence-electron chi connectivity index (χ0n) is 34.7. The van der Waals surface area contributed by atoms with Crippen molar-refractivity contribution in [1.29, 1.82) is 0 Å². The molecule has 0 amide bonds. The van der Waals surface area contributed by atoms with Crippen LogP contribution in [0.1, 0.15) is 0 Å². The van der Waals surface area contributed by atoms with Crippen LogP contribution < -0.4 is 0 Å². The predicted molar refractivity (Wildman–Crippen MR) is 277 cm³/mol. The Bertz CT molecular complexity index is 4250. The average molecular weight is 863 g/mol. The van der Waals surface area contributed by atoms with Crippen LogP contribution in [0.4, 0.5) is 0 Å². The summed E-state index contributed by atoms with van der Waals surface area (Å²) < 4.78 is 7.41. The highest BCUT2D eigenvalue weighted by Crippen LogP contribution is 2.47. The van der Waals surface area contributed by atoms with E-state index in [0.29, 0.717) is 17.5 Å². The Morgan fingerprint density at radius 2 is 0.969 bits per heavy atom. The van der Waals surface area contributed by atoms with Gasteiger partial charge >= 0.3 is 0 Å². The van der Waals surface area contributed by atoms with Gasteiger partial charge in [0.05, 0.1) is 16.7 Å². The lowest BCUT2D eigenvalue weighted by Crippen LogP contribution is -2.02. The van der Waals surface area contributed by atoms with E-state index in [1.165, 1.54) is 78.2 Å². The number of para-hydroxylation sites is 1. The Balaban J connectivity index is 1.08. The molecule has 0 N–H and O–H groups in total. The number of hydrogen-bond donors (Lipinski definition) is 0. The van der Waals surface area contributed by atoms with Crippen LogP contribution in [0.3, 0.4) is 0 Å². The zero-order valence-corrected chi connectivity index (χ0v) is 36.4. The summed E-state index contributed by atoms with van der Waals surface area (Å²) in [6, 6.07) is 74.5. The molecule has 6 heteroatoms. The molecular formula is C59H34N4S2. The first kappa shape index (κ1) is 36.5. The van der Waals surface area contributed by atoms with Crippen molar-refractivity contribution in [2.45, 2.75) is 0 Å². The molecule has 0 fully saturated rings. The lowest BCUT2D eigenvalue weighted by atomic mass is 9.94. The first-order chi connectivity index (χ1) is 32.2. The van der Waals surface area contributed by atoms with Crippen LogP contribution in [0.5, 0.6) is 0 Å². The van der Waals surface area contributed by atoms with E-state index < -0.39 is 0 Å². The SMILES string of the molecule is c1ccc(-c2nc(-c3ccc(-n4c5ccccc5c5cc6ccccc6cc54)c(-c4cccc5sc6ccc7ccccc7c6c45)c3)nc(-c3cccc4c3sc3ccccc34)n2)cc1. The summed E-state index contributed by atoms with van der Waals surface area (Å²) in [6.45, 7) is 0. The standard InChI is InChI=1S/C59H34N4S2/c1-2-15-36(16-3-1)57-60-58(62-59(61-57)45-24-12-23-44-42-21-9-11-26-51(42)65-56(44)45)39-28-30-49(63-48-25-10-8-20-41(48)46-32-37-17-4-5-18-38(37)34-50(46)63)47(33-39)43-22-13-27-52-55(43)54-40-19-7-6-14-35(40)29-31-53(54)64-52/h1-34H. The number of hydrogen-bond acceptors (Lipinski definition) is 5. The molecule has 14 rings (SSSR count). The van der Waals surface area contributed by atoms with Crippen LogP contribution in [0.15, 0.2) is 206 Å². The van der Waals surface area contributed by atoms with Crippen LogP contribution in [0, 0.1) is 0 Å². The highest BCUT2D eigenvalue weighted by atomic mass is 32.1. The van der Waals surface area contributed by atoms with E-state index in [9.17, 15) is 0 Å². The fourth-order valence-electron chi connectivity index (χ4n) is 10.1. The van der Waals surface area contributed by atoms with Crippen molar-refractivity contribution in [3.8, 4) is 51.0 Å². The molecule has 14 aromatic rings. The smallest absolute Gasteiger partial charge is 0.165 e. The van der Waals surface area contributed by atoms with Gasteiger partial charge < -0.3 is 4.57 Å². The van der Waals surface area contributed by atoms with Gasteiger partial charge in [-0.3, -0.25) is 0 Å². The van der Waals surface area contributed by atoms with Gasteiger partial charge in [-0.25, -0.2) is 15.0 Å². The predicted octanol–water partition coefficient (Wildman–Crippen LogP) is 16.7. The molecule has 0 atom stereocenters. The molecule has 0 bridgehead atoms. The molecule has 0 saturated heterocycles. The minimum Gasteiger partial charge on any atom is -0.309 e. The Labute approximate surface area is 381 Å². The maximum Gasteiger partial charge on any atom is 0.165 e. The molecule has 10 aromatic carbocycles. The van der Waals surface area contributed by atoms with E-state index in [1.807, 2.05) is 29.5 Å². The number of nitrogens with zero attached hydrogens (tertiary/aromatic N) is 4. The summed E-state index contributed by atoms with van der Waals surface area (Å²) in [5, 5.41) is 12.4. The molecule has 0 aliphatic heterocycles. The molecule has 0 unspecified atom stereocenters. The Kier molecular flexibility index (Phi) is 7.99. The van der Waals surface area contributed by atoms with Crippen LogP contribution in [0.25, 0.3) is 135 Å². The normalized spacial score (nSPS) is 12.0. The average Bonchev–Trinajstić information content (AvgIpc) is 4.05. The van der Waals surface area contributed by atoms with Crippen molar-refractivity contribution in [3.63, 3.8) is 0 Å². The second-order valence-electron chi connectivity index (χ2n) is 16.7. The lowest BCUT2D eigenvalue weighted by Gasteiger charge is -2.17. The van der Waals surface area contributed by atoms with Gasteiger partial charge in [-0.15, -0.1) is 22.7 Å². The summed E-state index contributed by atoms with van der Waals surface area (Å²) in [6.07, 6.45) is 0. The van der Waals surface area contributed by atoms with Gasteiger partial charge in [-0.1, -0.05) is 146 Å². The molecule has 4 nitrogen and oxygen atoms in total. The molecule has 0 radical (unpaired) electrons. The van der Waals surface area contributed by atoms with Crippen LogP contribution >= 0.6 is 22.7 Å². The number of benzene rings is 10. The number of fused-ring (bicyclic) bond motifs is 12. The number of thiophene rings is 2. The number of rotatable bonds is 5. The zero-order chi connectivity index (χ0) is 42.6. The first-order valence-electron chi connectivity index (χ1n) is 21.8. The second kappa shape index (κ2) is 14.2. The maximum absolute atomic E-state index is 5.40. The highest BCUT2D eigenvalue weighted by Gasteiger charge is 2.23. The van der Waals surface area contributed by atoms with Crippen molar-refractivity contribution in [2.75, 3.05) is 0 Å². The monoisotopic (exact) mass is 862 g/mol. The minimum atomic E-state index is 0.626. The van der Waals surface area contributed by atoms with E-state index >= 15 is 0 Å². The molecule has 4 heterocycles. The Morgan fingerprint density at radius 3 is 1.85 bits per heavy atom. The highest BCUT2D eigenvalue weighted by molar-refractivity contribution is 7.26. The van der Waals surface area contributed by atoms with Gasteiger partial charge in [0.15, 0.2) is 17.5 Å². The fraction of sp³-hybridized carbons (Fsp3) is 0. The van der Waals surface area contributed by atoms with Crippen molar-refractivity contribution in [1.82, 2.24) is 19.5 Å². The minimum absolute atomic E-state index is 0.626. The van der Waals surface area contributed by atoms with Crippen molar-refractivity contribution >= 4 is 106 Å². The summed E-state index contributed by atoms with van der Waals surface area (Å²) in [7, 11) is 0. The summed E-state index contributed by atoms with van der Waals surface area (Å²) >= 11 is 3.65. The molecule has 0 spiro atoms. The van der Waals surface area contributed by atoms with Crippen LogP contribution in [0.2, 0.25) is 0 Å². The van der Waals surface area contributed by atoms with Gasteiger partial charge in [0.1, 0.15) is 0 Å². The third-order valence-corrected chi connectivity index (χ3v) is 15.4. The van der Waals surface area contributed by atoms with Gasteiger partial charge in [0, 0.05) is 73.4 Å². The van der Waals surface area contributed by atoms with Crippen LogP contribution in [-0.4, -0.2) is 19.5 Å². The third-order valence-electron chi connectivity index (χ3n) is 13.0. The summed E-state index contributed by atoms with van der Waals surface area (Å²) in [4.78, 5) is 15.9. The summed E-state index contributed by atoms with van der Waals surface area (Å²) in [5.74, 6) is 1.92. The topological polar surface area (TPSA) is 43.6 Å². The first-order valence-corrected chi connectivity index (χ1v) is 23.5. The van der Waals surface area contributed by atoms with Gasteiger partial charge in [0.2, 0.25) is 0 Å². The number of aromatic nitrogens is 4. The van der Waals surface area contributed by atoms with E-state index in [1.54, 1.807) is 11.3 Å². The lowest BCUT2D eigenvalue weighted by molar-refractivity contribution is 1.08. The third kappa shape index (κ3) is 5.64. The van der Waals surface area contributed by atoms with E-state index in [2.05, 4.69) is 193 Å². The second-order valence-corrected chi connectivity index (χ2v) is 18.8. The van der Waals surface area contributed by atoms with E-state index in [4.69, 9.17) is 15.0 Å². The van der Waals surface area contributed by atoms with Crippen molar-refractivity contribution < 1.29 is 0 Å². The van der Waals surface area contributed by atoms with E-state index in [0.717, 1.165) is 39.0 Å². The van der Waals surface area contributed by atoms with E-state index in [-0.39, 0.29) is 0 Å². The van der Waals surface area contributed by atoms with Gasteiger partial charge in [-0.05, 0) is 87.8 Å². The Morgan fingerprint density at radius 1 is 0.323 bits per heavy atom. The van der Waals surface area contributed by atoms with Gasteiger partial charge in [-0.2, -0.15) is 0 Å². The van der Waals surface area contributed by atoms with Crippen molar-refractivity contribution in [2.24, 2.45) is 0 Å².